The Kier molecular flexibility index (Phi) is 4.48. The zero-order valence-corrected chi connectivity index (χ0v) is 15.2. The van der Waals surface area contributed by atoms with E-state index in [4.69, 9.17) is 4.52 Å². The largest absolute Gasteiger partial charge is 0.337 e. The summed E-state index contributed by atoms with van der Waals surface area (Å²) in [6.45, 7) is 6.53. The first-order valence-corrected chi connectivity index (χ1v) is 10.1. The highest BCUT2D eigenvalue weighted by Crippen LogP contribution is 2.33. The SMILES string of the molecule is C[C@@H]1CC[C@H](C)N1[C@@H](C)c1nc(-c2ccc(S(C)(=O)=O)cc2)no1. The third kappa shape index (κ3) is 3.23. The molecule has 2 aromatic rings. The summed E-state index contributed by atoms with van der Waals surface area (Å²) in [7, 11) is -3.20. The van der Waals surface area contributed by atoms with E-state index >= 15 is 0 Å². The van der Waals surface area contributed by atoms with Gasteiger partial charge in [-0.15, -0.1) is 0 Å². The molecule has 7 heteroatoms. The molecule has 0 radical (unpaired) electrons. The minimum absolute atomic E-state index is 0.0639. The summed E-state index contributed by atoms with van der Waals surface area (Å²) < 4.78 is 28.5. The standard InChI is InChI=1S/C17H23N3O3S/c1-11-5-6-12(2)20(11)13(3)17-18-16(19-23-17)14-7-9-15(10-8-14)24(4,21)22/h7-13H,5-6H2,1-4H3/t11-,12+,13-/m0/s1. The van der Waals surface area contributed by atoms with Crippen LogP contribution in [0.2, 0.25) is 0 Å². The van der Waals surface area contributed by atoms with Gasteiger partial charge in [0.2, 0.25) is 11.7 Å². The van der Waals surface area contributed by atoms with Gasteiger partial charge < -0.3 is 4.52 Å². The van der Waals surface area contributed by atoms with Crippen LogP contribution in [0.15, 0.2) is 33.7 Å². The van der Waals surface area contributed by atoms with Gasteiger partial charge in [0.25, 0.3) is 0 Å². The lowest BCUT2D eigenvalue weighted by Gasteiger charge is -2.30. The van der Waals surface area contributed by atoms with Crippen molar-refractivity contribution in [1.29, 1.82) is 0 Å². The minimum atomic E-state index is -3.20. The van der Waals surface area contributed by atoms with E-state index in [1.165, 1.54) is 19.1 Å². The van der Waals surface area contributed by atoms with Gasteiger partial charge in [-0.25, -0.2) is 8.42 Å². The average Bonchev–Trinajstić information content (AvgIpc) is 3.13. The van der Waals surface area contributed by atoms with Crippen molar-refractivity contribution in [3.8, 4) is 11.4 Å². The van der Waals surface area contributed by atoms with Crippen molar-refractivity contribution >= 4 is 9.84 Å². The van der Waals surface area contributed by atoms with Gasteiger partial charge in [0.1, 0.15) is 0 Å². The summed E-state index contributed by atoms with van der Waals surface area (Å²) in [5.74, 6) is 1.08. The van der Waals surface area contributed by atoms with E-state index in [0.29, 0.717) is 23.8 Å². The van der Waals surface area contributed by atoms with E-state index in [9.17, 15) is 8.42 Å². The van der Waals surface area contributed by atoms with Gasteiger partial charge in [0.05, 0.1) is 10.9 Å². The quantitative estimate of drug-likeness (QED) is 0.844. The van der Waals surface area contributed by atoms with Crippen LogP contribution in [0.3, 0.4) is 0 Å². The van der Waals surface area contributed by atoms with E-state index in [0.717, 1.165) is 5.56 Å². The summed E-state index contributed by atoms with van der Waals surface area (Å²) in [6.07, 6.45) is 3.55. The molecule has 6 nitrogen and oxygen atoms in total. The molecule has 1 fully saturated rings. The lowest BCUT2D eigenvalue weighted by Crippen LogP contribution is -2.35. The highest BCUT2D eigenvalue weighted by molar-refractivity contribution is 7.90. The van der Waals surface area contributed by atoms with Crippen molar-refractivity contribution in [3.05, 3.63) is 30.2 Å². The van der Waals surface area contributed by atoms with Crippen molar-refractivity contribution in [3.63, 3.8) is 0 Å². The molecule has 0 aliphatic carbocycles. The number of nitrogens with zero attached hydrogens (tertiary/aromatic N) is 3. The van der Waals surface area contributed by atoms with E-state index in [1.807, 2.05) is 0 Å². The number of hydrogen-bond acceptors (Lipinski definition) is 6. The van der Waals surface area contributed by atoms with Crippen LogP contribution >= 0.6 is 0 Å². The zero-order chi connectivity index (χ0) is 17.5. The Morgan fingerprint density at radius 3 is 2.29 bits per heavy atom. The van der Waals surface area contributed by atoms with Gasteiger partial charge in [-0.3, -0.25) is 4.90 Å². The number of hydrogen-bond donors (Lipinski definition) is 0. The fourth-order valence-corrected chi connectivity index (χ4v) is 4.11. The Labute approximate surface area is 142 Å². The molecule has 1 aliphatic rings. The van der Waals surface area contributed by atoms with Crippen LogP contribution in [0.4, 0.5) is 0 Å². The minimum Gasteiger partial charge on any atom is -0.337 e. The van der Waals surface area contributed by atoms with Crippen LogP contribution in [0.25, 0.3) is 11.4 Å². The molecule has 0 N–H and O–H groups in total. The van der Waals surface area contributed by atoms with Gasteiger partial charge in [-0.05, 0) is 57.9 Å². The normalized spacial score (nSPS) is 23.5. The van der Waals surface area contributed by atoms with E-state index in [2.05, 4.69) is 35.8 Å². The Hall–Kier alpha value is -1.73. The number of benzene rings is 1. The Morgan fingerprint density at radius 1 is 1.17 bits per heavy atom. The number of aromatic nitrogens is 2. The molecule has 0 saturated carbocycles. The molecule has 1 aromatic heterocycles. The molecule has 1 aromatic carbocycles. The number of likely N-dealkylation sites (tertiary alicyclic amines) is 1. The number of sulfone groups is 1. The summed E-state index contributed by atoms with van der Waals surface area (Å²) in [6, 6.07) is 7.60. The Morgan fingerprint density at radius 2 is 1.75 bits per heavy atom. The van der Waals surface area contributed by atoms with Gasteiger partial charge in [-0.2, -0.15) is 4.98 Å². The summed E-state index contributed by atoms with van der Waals surface area (Å²) >= 11 is 0. The van der Waals surface area contributed by atoms with Crippen LogP contribution in [-0.4, -0.2) is 41.8 Å². The molecule has 130 valence electrons. The van der Waals surface area contributed by atoms with Crippen molar-refractivity contribution in [2.75, 3.05) is 6.26 Å². The molecule has 3 atom stereocenters. The maximum Gasteiger partial charge on any atom is 0.244 e. The summed E-state index contributed by atoms with van der Waals surface area (Å²) in [4.78, 5) is 7.20. The van der Waals surface area contributed by atoms with Crippen molar-refractivity contribution in [1.82, 2.24) is 15.0 Å². The first-order chi connectivity index (χ1) is 11.3. The van der Waals surface area contributed by atoms with Crippen molar-refractivity contribution in [2.45, 2.75) is 56.6 Å². The third-order valence-electron chi connectivity index (χ3n) is 4.81. The monoisotopic (exact) mass is 349 g/mol. The summed E-state index contributed by atoms with van der Waals surface area (Å²) in [5, 5.41) is 4.06. The molecule has 0 spiro atoms. The average molecular weight is 349 g/mol. The van der Waals surface area contributed by atoms with Crippen molar-refractivity contribution in [2.24, 2.45) is 0 Å². The molecule has 2 heterocycles. The first-order valence-electron chi connectivity index (χ1n) is 8.19. The lowest BCUT2D eigenvalue weighted by atomic mass is 10.2. The molecule has 0 amide bonds. The molecule has 1 aliphatic heterocycles. The molecule has 0 unspecified atom stereocenters. The smallest absolute Gasteiger partial charge is 0.244 e. The molecule has 24 heavy (non-hydrogen) atoms. The molecule has 1 saturated heterocycles. The van der Waals surface area contributed by atoms with E-state index in [1.54, 1.807) is 24.3 Å². The van der Waals surface area contributed by atoms with Crippen LogP contribution in [-0.2, 0) is 9.84 Å². The second-order valence-corrected chi connectivity index (χ2v) is 8.67. The van der Waals surface area contributed by atoms with Crippen LogP contribution in [0, 0.1) is 0 Å². The van der Waals surface area contributed by atoms with Gasteiger partial charge in [-0.1, -0.05) is 5.16 Å². The molecular formula is C17H23N3O3S. The molecule has 3 rings (SSSR count). The zero-order valence-electron chi connectivity index (χ0n) is 14.4. The summed E-state index contributed by atoms with van der Waals surface area (Å²) in [5.41, 5.74) is 0.743. The predicted molar refractivity (Wildman–Crippen MR) is 91.3 cm³/mol. The van der Waals surface area contributed by atoms with Gasteiger partial charge >= 0.3 is 0 Å². The highest BCUT2D eigenvalue weighted by Gasteiger charge is 2.34. The van der Waals surface area contributed by atoms with Crippen LogP contribution in [0.5, 0.6) is 0 Å². The fraction of sp³-hybridized carbons (Fsp3) is 0.529. The molecule has 0 bridgehead atoms. The van der Waals surface area contributed by atoms with Crippen LogP contribution < -0.4 is 0 Å². The van der Waals surface area contributed by atoms with Gasteiger partial charge in [0, 0.05) is 23.9 Å². The number of rotatable bonds is 4. The topological polar surface area (TPSA) is 76.3 Å². The fourth-order valence-electron chi connectivity index (χ4n) is 3.48. The maximum absolute atomic E-state index is 11.5. The van der Waals surface area contributed by atoms with Crippen LogP contribution in [0.1, 0.15) is 45.5 Å². The van der Waals surface area contributed by atoms with E-state index < -0.39 is 9.84 Å². The Bertz CT molecular complexity index is 804. The predicted octanol–water partition coefficient (Wildman–Crippen LogP) is 3.07. The maximum atomic E-state index is 11.5. The van der Waals surface area contributed by atoms with Crippen molar-refractivity contribution < 1.29 is 12.9 Å². The van der Waals surface area contributed by atoms with Gasteiger partial charge in [0.15, 0.2) is 9.84 Å². The third-order valence-corrected chi connectivity index (χ3v) is 5.94. The second-order valence-electron chi connectivity index (χ2n) is 6.65. The second kappa shape index (κ2) is 6.29. The Balaban J connectivity index is 1.83. The highest BCUT2D eigenvalue weighted by atomic mass is 32.2. The van der Waals surface area contributed by atoms with E-state index in [-0.39, 0.29) is 10.9 Å². The lowest BCUT2D eigenvalue weighted by molar-refractivity contribution is 0.128. The molecular weight excluding hydrogens is 326 g/mol. The first kappa shape index (κ1) is 17.1.